The molecule has 0 aromatic heterocycles. The van der Waals surface area contributed by atoms with Gasteiger partial charge in [-0.3, -0.25) is 14.4 Å². The summed E-state index contributed by atoms with van der Waals surface area (Å²) in [5, 5.41) is 26.9. The topological polar surface area (TPSA) is 197 Å². The van der Waals surface area contributed by atoms with Crippen LogP contribution in [0, 0.1) is 0 Å². The minimum absolute atomic E-state index is 0.0198. The molecule has 37 heavy (non-hydrogen) atoms. The number of aliphatic carboxylic acids is 1. The highest BCUT2D eigenvalue weighted by Crippen LogP contribution is 2.12. The monoisotopic (exact) mass is 513 g/mol. The highest BCUT2D eigenvalue weighted by atomic mass is 16.4. The normalized spacial score (nSPS) is 13.1. The van der Waals surface area contributed by atoms with E-state index >= 15 is 0 Å². The van der Waals surface area contributed by atoms with Gasteiger partial charge in [-0.1, -0.05) is 42.5 Å². The van der Waals surface area contributed by atoms with Crippen LogP contribution in [0.2, 0.25) is 0 Å². The molecule has 0 aliphatic rings. The van der Waals surface area contributed by atoms with Crippen molar-refractivity contribution in [1.29, 1.82) is 0 Å². The molecule has 0 saturated carbocycles. The Morgan fingerprint density at radius 2 is 1.30 bits per heavy atom. The van der Waals surface area contributed by atoms with Gasteiger partial charge >= 0.3 is 5.97 Å². The third-order valence-corrected chi connectivity index (χ3v) is 5.69. The molecule has 3 unspecified atom stereocenters. The number of hydrogen-bond acceptors (Lipinski definition) is 7. The molecule has 0 aliphatic heterocycles. The lowest BCUT2D eigenvalue weighted by Crippen LogP contribution is -2.57. The fraction of sp³-hybridized carbons (Fsp3) is 0.385. The summed E-state index contributed by atoms with van der Waals surface area (Å²) in [6, 6.07) is 11.7. The van der Waals surface area contributed by atoms with Gasteiger partial charge in [0.2, 0.25) is 17.7 Å². The zero-order valence-corrected chi connectivity index (χ0v) is 20.6. The Bertz CT molecular complexity index is 1030. The lowest BCUT2D eigenvalue weighted by atomic mass is 10.0. The van der Waals surface area contributed by atoms with Crippen molar-refractivity contribution in [3.05, 3.63) is 65.7 Å². The Morgan fingerprint density at radius 1 is 0.730 bits per heavy atom. The number of nitrogens with two attached hydrogens (primary N) is 2. The highest BCUT2D eigenvalue weighted by molar-refractivity contribution is 5.93. The van der Waals surface area contributed by atoms with Gasteiger partial charge in [0.15, 0.2) is 0 Å². The molecule has 2 rings (SSSR count). The summed E-state index contributed by atoms with van der Waals surface area (Å²) in [5.41, 5.74) is 12.4. The predicted octanol–water partition coefficient (Wildman–Crippen LogP) is -0.196. The van der Waals surface area contributed by atoms with E-state index in [0.717, 1.165) is 5.56 Å². The minimum atomic E-state index is -1.26. The first-order valence-electron chi connectivity index (χ1n) is 12.1. The molecule has 0 spiro atoms. The summed E-state index contributed by atoms with van der Waals surface area (Å²) in [5.74, 6) is -3.00. The van der Waals surface area contributed by atoms with E-state index in [1.807, 2.05) is 6.07 Å². The Kier molecular flexibility index (Phi) is 12.0. The van der Waals surface area contributed by atoms with Crippen molar-refractivity contribution in [2.24, 2.45) is 11.5 Å². The van der Waals surface area contributed by atoms with Crippen LogP contribution in [0.5, 0.6) is 5.75 Å². The number of phenolic OH excluding ortho intramolecular Hbond substituents is 1. The van der Waals surface area contributed by atoms with Gasteiger partial charge in [-0.25, -0.2) is 4.79 Å². The van der Waals surface area contributed by atoms with Gasteiger partial charge in [0.1, 0.15) is 23.9 Å². The van der Waals surface area contributed by atoms with E-state index < -0.39 is 41.8 Å². The lowest BCUT2D eigenvalue weighted by molar-refractivity contribution is -0.142. The zero-order chi connectivity index (χ0) is 27.2. The summed E-state index contributed by atoms with van der Waals surface area (Å²) >= 11 is 0. The summed E-state index contributed by atoms with van der Waals surface area (Å²) in [6.07, 6.45) is 1.50. The molecule has 0 fully saturated rings. The van der Waals surface area contributed by atoms with E-state index in [4.69, 9.17) is 11.5 Å². The maximum atomic E-state index is 13.2. The summed E-state index contributed by atoms with van der Waals surface area (Å²) < 4.78 is 0. The average molecular weight is 514 g/mol. The Labute approximate surface area is 215 Å². The number of rotatable bonds is 15. The maximum Gasteiger partial charge on any atom is 0.326 e. The third kappa shape index (κ3) is 10.3. The Morgan fingerprint density at radius 3 is 1.89 bits per heavy atom. The van der Waals surface area contributed by atoms with Crippen LogP contribution in [0.15, 0.2) is 54.6 Å². The second-order valence-electron chi connectivity index (χ2n) is 8.63. The first-order valence-corrected chi connectivity index (χ1v) is 12.1. The molecule has 2 aromatic carbocycles. The fourth-order valence-electron chi connectivity index (χ4n) is 3.69. The number of amides is 3. The molecule has 0 saturated heterocycles. The highest BCUT2D eigenvalue weighted by Gasteiger charge is 2.29. The van der Waals surface area contributed by atoms with Crippen LogP contribution in [-0.4, -0.2) is 65.1 Å². The zero-order valence-electron chi connectivity index (χ0n) is 20.6. The van der Waals surface area contributed by atoms with Crippen LogP contribution >= 0.6 is 0 Å². The van der Waals surface area contributed by atoms with Gasteiger partial charge in [0, 0.05) is 12.8 Å². The van der Waals surface area contributed by atoms with E-state index in [1.54, 1.807) is 36.4 Å². The Balaban J connectivity index is 2.17. The number of aromatic hydroxyl groups is 1. The van der Waals surface area contributed by atoms with Crippen LogP contribution in [-0.2, 0) is 32.0 Å². The van der Waals surface area contributed by atoms with Gasteiger partial charge in [-0.2, -0.15) is 0 Å². The molecule has 200 valence electrons. The number of carboxylic acid groups (broad SMARTS) is 1. The number of nitrogens with one attached hydrogen (secondary N) is 3. The van der Waals surface area contributed by atoms with Gasteiger partial charge in [0.05, 0.1) is 6.54 Å². The molecule has 9 N–H and O–H groups in total. The smallest absolute Gasteiger partial charge is 0.326 e. The number of carbonyl (C=O) groups is 4. The van der Waals surface area contributed by atoms with Crippen LogP contribution in [0.3, 0.4) is 0 Å². The van der Waals surface area contributed by atoms with Crippen LogP contribution in [0.4, 0.5) is 0 Å². The fourth-order valence-corrected chi connectivity index (χ4v) is 3.69. The number of hydrogen-bond donors (Lipinski definition) is 7. The van der Waals surface area contributed by atoms with Crippen molar-refractivity contribution < 1.29 is 29.4 Å². The quantitative estimate of drug-likeness (QED) is 0.159. The molecular weight excluding hydrogens is 478 g/mol. The van der Waals surface area contributed by atoms with Gasteiger partial charge < -0.3 is 37.6 Å². The van der Waals surface area contributed by atoms with Gasteiger partial charge in [0.25, 0.3) is 0 Å². The van der Waals surface area contributed by atoms with Crippen molar-refractivity contribution >= 4 is 23.7 Å². The summed E-state index contributed by atoms with van der Waals surface area (Å²) in [4.78, 5) is 50.1. The van der Waals surface area contributed by atoms with Crippen LogP contribution in [0.25, 0.3) is 0 Å². The molecule has 0 bridgehead atoms. The molecule has 2 aromatic rings. The molecule has 3 atom stereocenters. The maximum absolute atomic E-state index is 13.2. The predicted molar refractivity (Wildman–Crippen MR) is 137 cm³/mol. The Hall–Kier alpha value is -3.96. The number of unbranched alkanes of at least 4 members (excludes halogenated alkanes) is 1. The lowest BCUT2D eigenvalue weighted by Gasteiger charge is -2.25. The second kappa shape index (κ2) is 15.2. The average Bonchev–Trinajstić information content (AvgIpc) is 2.88. The largest absolute Gasteiger partial charge is 0.508 e. The summed E-state index contributed by atoms with van der Waals surface area (Å²) in [7, 11) is 0. The van der Waals surface area contributed by atoms with Crippen molar-refractivity contribution in [3.63, 3.8) is 0 Å². The van der Waals surface area contributed by atoms with E-state index in [0.29, 0.717) is 24.9 Å². The van der Waals surface area contributed by atoms with E-state index in [2.05, 4.69) is 16.0 Å². The number of carbonyl (C=O) groups excluding carboxylic acids is 3. The third-order valence-electron chi connectivity index (χ3n) is 5.69. The van der Waals surface area contributed by atoms with Gasteiger partial charge in [-0.15, -0.1) is 0 Å². The summed E-state index contributed by atoms with van der Waals surface area (Å²) in [6.45, 7) is 0.0839. The molecular formula is C26H35N5O6. The minimum Gasteiger partial charge on any atom is -0.508 e. The van der Waals surface area contributed by atoms with E-state index in [9.17, 15) is 29.4 Å². The molecule has 0 radical (unpaired) electrons. The van der Waals surface area contributed by atoms with Crippen molar-refractivity contribution in [3.8, 4) is 5.75 Å². The van der Waals surface area contributed by atoms with Crippen molar-refractivity contribution in [2.75, 3.05) is 13.1 Å². The van der Waals surface area contributed by atoms with Crippen molar-refractivity contribution in [1.82, 2.24) is 16.0 Å². The SMILES string of the molecule is NCCCCC(NC(=O)C(Cc1ccccc1)NC(=O)CN)C(=O)NC(Cc1ccc(O)cc1)C(=O)O. The second-order valence-corrected chi connectivity index (χ2v) is 8.63. The van der Waals surface area contributed by atoms with Gasteiger partial charge in [-0.05, 0) is 49.1 Å². The first kappa shape index (κ1) is 29.3. The number of benzene rings is 2. The first-order chi connectivity index (χ1) is 17.7. The van der Waals surface area contributed by atoms with E-state index in [-0.39, 0.29) is 31.6 Å². The van der Waals surface area contributed by atoms with Crippen LogP contribution in [0.1, 0.15) is 30.4 Å². The van der Waals surface area contributed by atoms with Crippen LogP contribution < -0.4 is 27.4 Å². The molecule has 11 heteroatoms. The molecule has 0 aliphatic carbocycles. The molecule has 0 heterocycles. The number of phenols is 1. The number of carboxylic acids is 1. The molecule has 3 amide bonds. The molecule has 11 nitrogen and oxygen atoms in total. The standard InChI is InChI=1S/C26H35N5O6/c27-13-5-4-8-20(24(34)31-22(26(36)37)15-18-9-11-19(32)12-10-18)30-25(35)21(29-23(33)16-28)14-17-6-2-1-3-7-17/h1-3,6-7,9-12,20-22,32H,4-5,8,13-16,27-28H2,(H,29,33)(H,30,35)(H,31,34)(H,36,37). The van der Waals surface area contributed by atoms with Crippen molar-refractivity contribution in [2.45, 2.75) is 50.2 Å². The van der Waals surface area contributed by atoms with E-state index in [1.165, 1.54) is 12.1 Å².